The Bertz CT molecular complexity index is 1020. The van der Waals surface area contributed by atoms with Gasteiger partial charge in [-0.1, -0.05) is 22.0 Å². The quantitative estimate of drug-likeness (QED) is 0.229. The van der Waals surface area contributed by atoms with Crippen molar-refractivity contribution >= 4 is 45.4 Å². The summed E-state index contributed by atoms with van der Waals surface area (Å²) in [5.74, 6) is -0.0219. The van der Waals surface area contributed by atoms with Gasteiger partial charge in [0.05, 0.1) is 12.8 Å². The van der Waals surface area contributed by atoms with E-state index in [0.29, 0.717) is 34.1 Å². The molecule has 8 heteroatoms. The Morgan fingerprint density at radius 3 is 2.62 bits per heavy atom. The highest BCUT2D eigenvalue weighted by Gasteiger charge is 2.14. The summed E-state index contributed by atoms with van der Waals surface area (Å²) >= 11 is 4.63. The lowest BCUT2D eigenvalue weighted by molar-refractivity contribution is 0.0733. The number of nitrogens with one attached hydrogen (secondary N) is 1. The van der Waals surface area contributed by atoms with E-state index >= 15 is 0 Å². The number of rotatable bonds is 7. The van der Waals surface area contributed by atoms with Crippen molar-refractivity contribution in [3.8, 4) is 11.5 Å². The maximum absolute atomic E-state index is 12.2. The largest absolute Gasteiger partial charge is 0.490 e. The third-order valence-corrected chi connectivity index (χ3v) is 5.06. The van der Waals surface area contributed by atoms with Crippen LogP contribution in [0.1, 0.15) is 32.5 Å². The summed E-state index contributed by atoms with van der Waals surface area (Å²) in [7, 11) is 0. The molecule has 0 bridgehead atoms. The van der Waals surface area contributed by atoms with E-state index in [-0.39, 0.29) is 5.91 Å². The maximum atomic E-state index is 12.2. The molecule has 0 unspecified atom stereocenters. The summed E-state index contributed by atoms with van der Waals surface area (Å²) in [6.45, 7) is 2.24. The second-order valence-corrected chi connectivity index (χ2v) is 7.58. The Morgan fingerprint density at radius 1 is 1.14 bits per heavy atom. The molecule has 6 nitrogen and oxygen atoms in total. The summed E-state index contributed by atoms with van der Waals surface area (Å²) in [5, 5.41) is 5.78. The summed E-state index contributed by atoms with van der Waals surface area (Å²) in [6, 6.07) is 15.5. The maximum Gasteiger partial charge on any atom is 0.353 e. The lowest BCUT2D eigenvalue weighted by Crippen LogP contribution is -2.17. The smallest absolute Gasteiger partial charge is 0.353 e. The number of halogens is 1. The molecule has 0 aliphatic carbocycles. The van der Waals surface area contributed by atoms with E-state index in [1.165, 1.54) is 17.6 Å². The van der Waals surface area contributed by atoms with Gasteiger partial charge in [0.25, 0.3) is 5.91 Å². The van der Waals surface area contributed by atoms with Crippen molar-refractivity contribution in [1.29, 1.82) is 0 Å². The average molecular weight is 473 g/mol. The number of amides is 1. The van der Waals surface area contributed by atoms with Crippen molar-refractivity contribution in [3.05, 3.63) is 80.5 Å². The molecule has 1 aromatic heterocycles. The summed E-state index contributed by atoms with van der Waals surface area (Å²) < 4.78 is 11.9. The zero-order chi connectivity index (χ0) is 20.6. The summed E-state index contributed by atoms with van der Waals surface area (Å²) in [5.41, 5.74) is 3.65. The van der Waals surface area contributed by atoms with E-state index in [9.17, 15) is 9.59 Å². The predicted molar refractivity (Wildman–Crippen MR) is 116 cm³/mol. The Kier molecular flexibility index (Phi) is 7.15. The minimum atomic E-state index is -0.441. The van der Waals surface area contributed by atoms with E-state index < -0.39 is 5.97 Å². The van der Waals surface area contributed by atoms with Gasteiger partial charge >= 0.3 is 5.97 Å². The van der Waals surface area contributed by atoms with Crippen molar-refractivity contribution in [2.45, 2.75) is 6.92 Å². The Balaban J connectivity index is 1.68. The monoisotopic (exact) mass is 472 g/mol. The highest BCUT2D eigenvalue weighted by Crippen LogP contribution is 2.29. The van der Waals surface area contributed by atoms with Gasteiger partial charge in [-0.05, 0) is 66.4 Å². The molecule has 3 rings (SSSR count). The number of thiophene rings is 1. The zero-order valence-corrected chi connectivity index (χ0v) is 17.8. The molecule has 0 spiro atoms. The van der Waals surface area contributed by atoms with Gasteiger partial charge in [-0.25, -0.2) is 10.2 Å². The van der Waals surface area contributed by atoms with E-state index in [2.05, 4.69) is 26.5 Å². The van der Waals surface area contributed by atoms with Crippen LogP contribution in [0.4, 0.5) is 0 Å². The fourth-order valence-corrected chi connectivity index (χ4v) is 3.20. The van der Waals surface area contributed by atoms with Gasteiger partial charge in [-0.2, -0.15) is 5.10 Å². The first kappa shape index (κ1) is 20.8. The van der Waals surface area contributed by atoms with E-state index in [1.54, 1.807) is 54.6 Å². The van der Waals surface area contributed by atoms with Crippen molar-refractivity contribution in [1.82, 2.24) is 5.43 Å². The van der Waals surface area contributed by atoms with Crippen molar-refractivity contribution in [2.75, 3.05) is 6.61 Å². The highest BCUT2D eigenvalue weighted by molar-refractivity contribution is 9.10. The number of carbonyl (C=O) groups excluding carboxylic acids is 2. The molecule has 0 fully saturated rings. The fraction of sp³-hybridized carbons (Fsp3) is 0.0952. The molecule has 0 aliphatic heterocycles. The van der Waals surface area contributed by atoms with Crippen molar-refractivity contribution < 1.29 is 19.1 Å². The van der Waals surface area contributed by atoms with Crippen LogP contribution in [-0.2, 0) is 0 Å². The number of nitrogens with zero attached hydrogens (tertiary/aromatic N) is 1. The molecule has 148 valence electrons. The minimum Gasteiger partial charge on any atom is -0.490 e. The van der Waals surface area contributed by atoms with Gasteiger partial charge in [0.15, 0.2) is 11.5 Å². The molecule has 1 heterocycles. The molecular weight excluding hydrogens is 456 g/mol. The van der Waals surface area contributed by atoms with Crippen LogP contribution >= 0.6 is 27.3 Å². The van der Waals surface area contributed by atoms with Crippen LogP contribution in [0.2, 0.25) is 0 Å². The standard InChI is InChI=1S/C21H17BrN2O4S/c1-2-27-18-12-14(5-10-17(18)28-21(26)19-4-3-11-29-19)13-23-24-20(25)15-6-8-16(22)9-7-15/h3-13H,2H2,1H3,(H,24,25). The Labute approximate surface area is 180 Å². The second kappa shape index (κ2) is 9.99. The SMILES string of the molecule is CCOc1cc(C=NNC(=O)c2ccc(Br)cc2)ccc1OC(=O)c1cccs1. The summed E-state index contributed by atoms with van der Waals surface area (Å²) in [6.07, 6.45) is 1.49. The number of hydrogen-bond acceptors (Lipinski definition) is 6. The second-order valence-electron chi connectivity index (χ2n) is 5.71. The van der Waals surface area contributed by atoms with Gasteiger partial charge in [-0.3, -0.25) is 4.79 Å². The Morgan fingerprint density at radius 2 is 1.93 bits per heavy atom. The normalized spacial score (nSPS) is 10.7. The molecule has 0 aliphatic rings. The fourth-order valence-electron chi connectivity index (χ4n) is 2.33. The van der Waals surface area contributed by atoms with Gasteiger partial charge in [-0.15, -0.1) is 11.3 Å². The third-order valence-electron chi connectivity index (χ3n) is 3.68. The average Bonchev–Trinajstić information content (AvgIpc) is 3.25. The lowest BCUT2D eigenvalue weighted by Gasteiger charge is -2.10. The van der Waals surface area contributed by atoms with E-state index in [0.717, 1.165) is 4.47 Å². The van der Waals surface area contributed by atoms with Crippen molar-refractivity contribution in [2.24, 2.45) is 5.10 Å². The van der Waals surface area contributed by atoms with Gasteiger partial charge < -0.3 is 9.47 Å². The van der Waals surface area contributed by atoms with E-state index in [1.807, 2.05) is 12.3 Å². The molecule has 3 aromatic rings. The number of hydrazone groups is 1. The molecule has 2 aromatic carbocycles. The predicted octanol–water partition coefficient (Wildman–Crippen LogP) is 4.89. The van der Waals surface area contributed by atoms with Gasteiger partial charge in [0.1, 0.15) is 4.88 Å². The van der Waals surface area contributed by atoms with Crippen LogP contribution in [-0.4, -0.2) is 24.7 Å². The van der Waals surface area contributed by atoms with E-state index in [4.69, 9.17) is 9.47 Å². The van der Waals surface area contributed by atoms with Crippen LogP contribution in [0.3, 0.4) is 0 Å². The summed E-state index contributed by atoms with van der Waals surface area (Å²) in [4.78, 5) is 24.8. The number of carbonyl (C=O) groups is 2. The number of ether oxygens (including phenoxy) is 2. The molecule has 0 radical (unpaired) electrons. The van der Waals surface area contributed by atoms with Crippen LogP contribution in [0.15, 0.2) is 69.6 Å². The molecule has 1 N–H and O–H groups in total. The molecule has 29 heavy (non-hydrogen) atoms. The first-order valence-electron chi connectivity index (χ1n) is 8.68. The number of benzene rings is 2. The molecular formula is C21H17BrN2O4S. The first-order chi connectivity index (χ1) is 14.1. The first-order valence-corrected chi connectivity index (χ1v) is 10.4. The third kappa shape index (κ3) is 5.75. The van der Waals surface area contributed by atoms with Gasteiger partial charge in [0, 0.05) is 10.0 Å². The molecule has 0 saturated heterocycles. The molecule has 1 amide bonds. The Hall–Kier alpha value is -2.97. The number of esters is 1. The molecule has 0 saturated carbocycles. The van der Waals surface area contributed by atoms with Gasteiger partial charge in [0.2, 0.25) is 0 Å². The van der Waals surface area contributed by atoms with Crippen LogP contribution in [0.5, 0.6) is 11.5 Å². The van der Waals surface area contributed by atoms with Crippen LogP contribution in [0.25, 0.3) is 0 Å². The topological polar surface area (TPSA) is 77.0 Å². The number of hydrogen-bond donors (Lipinski definition) is 1. The lowest BCUT2D eigenvalue weighted by atomic mass is 10.2. The zero-order valence-electron chi connectivity index (χ0n) is 15.4. The minimum absolute atomic E-state index is 0.319. The van der Waals surface area contributed by atoms with Crippen LogP contribution in [0, 0.1) is 0 Å². The van der Waals surface area contributed by atoms with Crippen molar-refractivity contribution in [3.63, 3.8) is 0 Å². The molecule has 0 atom stereocenters. The highest BCUT2D eigenvalue weighted by atomic mass is 79.9. The van der Waals surface area contributed by atoms with Crippen LogP contribution < -0.4 is 14.9 Å².